The lowest BCUT2D eigenvalue weighted by atomic mass is 10.1. The first-order valence-electron chi connectivity index (χ1n) is 11.7. The van der Waals surface area contributed by atoms with Crippen molar-refractivity contribution in [2.75, 3.05) is 18.9 Å². The lowest BCUT2D eigenvalue weighted by molar-refractivity contribution is 0.330. The Kier molecular flexibility index (Phi) is 5.52. The Bertz CT molecular complexity index is 1460. The largest absolute Gasteiger partial charge is 0.338 e. The zero-order valence-electron chi connectivity index (χ0n) is 19.5. The highest BCUT2D eigenvalue weighted by Crippen LogP contribution is 2.38. The summed E-state index contributed by atoms with van der Waals surface area (Å²) in [5.74, 6) is 2.38. The van der Waals surface area contributed by atoms with Gasteiger partial charge in [-0.15, -0.1) is 10.2 Å². The summed E-state index contributed by atoms with van der Waals surface area (Å²) in [6.45, 7) is 1.82. The fourth-order valence-corrected chi connectivity index (χ4v) is 4.46. The lowest BCUT2D eigenvalue weighted by Crippen LogP contribution is -2.21. The molecule has 5 aromatic rings. The minimum atomic E-state index is 0.783. The van der Waals surface area contributed by atoms with Crippen molar-refractivity contribution in [2.45, 2.75) is 13.0 Å². The van der Waals surface area contributed by atoms with Crippen LogP contribution in [0, 0.1) is 0 Å². The number of anilines is 2. The summed E-state index contributed by atoms with van der Waals surface area (Å²) in [5, 5.41) is 12.6. The minimum Gasteiger partial charge on any atom is -0.338 e. The first-order valence-corrected chi connectivity index (χ1v) is 11.7. The van der Waals surface area contributed by atoms with Crippen LogP contribution >= 0.6 is 0 Å². The van der Waals surface area contributed by atoms with E-state index in [1.807, 2.05) is 48.7 Å². The van der Waals surface area contributed by atoms with E-state index in [9.17, 15) is 0 Å². The number of likely N-dealkylation sites (N-methyl/N-ethyl adjacent to an activating group) is 1. The molecule has 0 saturated heterocycles. The van der Waals surface area contributed by atoms with Crippen LogP contribution in [0.3, 0.4) is 0 Å². The van der Waals surface area contributed by atoms with Crippen LogP contribution in [-0.2, 0) is 13.0 Å². The monoisotopic (exact) mass is 459 g/mol. The van der Waals surface area contributed by atoms with Gasteiger partial charge in [0.15, 0.2) is 17.5 Å². The number of nitrogens with zero attached hydrogens (tertiary/aromatic N) is 6. The number of aromatic nitrogens is 5. The Morgan fingerprint density at radius 3 is 2.46 bits per heavy atom. The fraction of sp³-hybridized carbons (Fsp3) is 0.143. The Labute approximate surface area is 204 Å². The average Bonchev–Trinajstić information content (AvgIpc) is 3.28. The quantitative estimate of drug-likeness (QED) is 0.373. The van der Waals surface area contributed by atoms with E-state index in [0.29, 0.717) is 0 Å². The molecule has 0 spiro atoms. The molecule has 0 radical (unpaired) electrons. The van der Waals surface area contributed by atoms with Crippen LogP contribution in [-0.4, -0.2) is 43.2 Å². The standard InChI is InChI=1S/C28H25N7/c1-34(18-15-22-7-4-5-16-29-22)19-20-11-13-21(14-12-20)27-32-33-28-23-8-2-3-9-24(23)31-26-25(35(27)28)10-6-17-30-26/h2-14,16-17H,15,18-19H2,1H3,(H,30,31). The zero-order chi connectivity index (χ0) is 23.6. The maximum atomic E-state index is 4.60. The first-order chi connectivity index (χ1) is 17.3. The Morgan fingerprint density at radius 2 is 1.60 bits per heavy atom. The van der Waals surface area contributed by atoms with Gasteiger partial charge in [0.25, 0.3) is 0 Å². The minimum absolute atomic E-state index is 0.783. The van der Waals surface area contributed by atoms with Crippen molar-refractivity contribution in [1.29, 1.82) is 0 Å². The average molecular weight is 460 g/mol. The number of rotatable bonds is 6. The molecular weight excluding hydrogens is 434 g/mol. The maximum Gasteiger partial charge on any atom is 0.171 e. The number of nitrogens with one attached hydrogen (secondary N) is 1. The predicted molar refractivity (Wildman–Crippen MR) is 138 cm³/mol. The maximum absolute atomic E-state index is 4.60. The molecule has 2 aromatic carbocycles. The molecule has 0 saturated carbocycles. The first kappa shape index (κ1) is 21.2. The van der Waals surface area contributed by atoms with E-state index in [-0.39, 0.29) is 0 Å². The molecule has 1 aliphatic rings. The molecular formula is C28H25N7. The number of pyridine rings is 2. The van der Waals surface area contributed by atoms with E-state index < -0.39 is 0 Å². The zero-order valence-corrected chi connectivity index (χ0v) is 19.5. The Hall–Kier alpha value is -4.36. The fourth-order valence-electron chi connectivity index (χ4n) is 4.46. The van der Waals surface area contributed by atoms with Crippen molar-refractivity contribution in [2.24, 2.45) is 0 Å². The molecule has 4 heterocycles. The number of benzene rings is 2. The summed E-state index contributed by atoms with van der Waals surface area (Å²) in [5.41, 5.74) is 6.27. The van der Waals surface area contributed by atoms with E-state index in [4.69, 9.17) is 0 Å². The molecule has 6 rings (SSSR count). The summed E-state index contributed by atoms with van der Waals surface area (Å²) in [6, 6.07) is 26.8. The SMILES string of the molecule is CN(CCc1ccccn1)Cc1ccc(-c2nnc3n2-c2cccnc2Nc2ccccc2-3)cc1. The Morgan fingerprint density at radius 1 is 0.800 bits per heavy atom. The topological polar surface area (TPSA) is 71.8 Å². The van der Waals surface area contributed by atoms with Gasteiger partial charge in [-0.3, -0.25) is 9.55 Å². The smallest absolute Gasteiger partial charge is 0.171 e. The number of fused-ring (bicyclic) bond motifs is 5. The van der Waals surface area contributed by atoms with Gasteiger partial charge in [0, 0.05) is 48.7 Å². The normalized spacial score (nSPS) is 11.8. The summed E-state index contributed by atoms with van der Waals surface area (Å²) in [7, 11) is 2.14. The molecule has 0 fully saturated rings. The second kappa shape index (κ2) is 9.12. The van der Waals surface area contributed by atoms with Crippen LogP contribution in [0.1, 0.15) is 11.3 Å². The highest BCUT2D eigenvalue weighted by atomic mass is 15.3. The molecule has 0 bridgehead atoms. The molecule has 172 valence electrons. The van der Waals surface area contributed by atoms with Crippen LogP contribution in [0.2, 0.25) is 0 Å². The van der Waals surface area contributed by atoms with Crippen LogP contribution in [0.15, 0.2) is 91.3 Å². The van der Waals surface area contributed by atoms with Gasteiger partial charge in [0.2, 0.25) is 0 Å². The lowest BCUT2D eigenvalue weighted by Gasteiger charge is -2.17. The van der Waals surface area contributed by atoms with E-state index in [0.717, 1.165) is 65.2 Å². The highest BCUT2D eigenvalue weighted by Gasteiger charge is 2.24. The van der Waals surface area contributed by atoms with Gasteiger partial charge < -0.3 is 10.2 Å². The molecule has 1 N–H and O–H groups in total. The van der Waals surface area contributed by atoms with Crippen molar-refractivity contribution in [3.05, 3.63) is 103 Å². The van der Waals surface area contributed by atoms with Gasteiger partial charge >= 0.3 is 0 Å². The summed E-state index contributed by atoms with van der Waals surface area (Å²) >= 11 is 0. The van der Waals surface area contributed by atoms with E-state index in [1.165, 1.54) is 5.56 Å². The third-order valence-electron chi connectivity index (χ3n) is 6.25. The molecule has 0 unspecified atom stereocenters. The molecule has 7 nitrogen and oxygen atoms in total. The van der Waals surface area contributed by atoms with Crippen LogP contribution in [0.4, 0.5) is 11.5 Å². The number of hydrogen-bond acceptors (Lipinski definition) is 6. The van der Waals surface area contributed by atoms with Gasteiger partial charge in [-0.2, -0.15) is 0 Å². The summed E-state index contributed by atoms with van der Waals surface area (Å²) in [6.07, 6.45) is 4.58. The van der Waals surface area contributed by atoms with Gasteiger partial charge in [-0.25, -0.2) is 4.98 Å². The third kappa shape index (κ3) is 4.18. The number of hydrogen-bond donors (Lipinski definition) is 1. The second-order valence-corrected chi connectivity index (χ2v) is 8.73. The molecule has 1 aliphatic heterocycles. The molecule has 0 atom stereocenters. The highest BCUT2D eigenvalue weighted by molar-refractivity contribution is 5.84. The van der Waals surface area contributed by atoms with Crippen LogP contribution < -0.4 is 5.32 Å². The van der Waals surface area contributed by atoms with E-state index in [2.05, 4.69) is 78.4 Å². The van der Waals surface area contributed by atoms with Crippen molar-refractivity contribution in [3.63, 3.8) is 0 Å². The van der Waals surface area contributed by atoms with Crippen LogP contribution in [0.5, 0.6) is 0 Å². The van der Waals surface area contributed by atoms with Crippen molar-refractivity contribution >= 4 is 11.5 Å². The van der Waals surface area contributed by atoms with Gasteiger partial charge in [-0.1, -0.05) is 42.5 Å². The van der Waals surface area contributed by atoms with E-state index >= 15 is 0 Å². The van der Waals surface area contributed by atoms with Crippen LogP contribution in [0.25, 0.3) is 28.5 Å². The molecule has 0 aliphatic carbocycles. The molecule has 0 amide bonds. The van der Waals surface area contributed by atoms with E-state index in [1.54, 1.807) is 6.20 Å². The second-order valence-electron chi connectivity index (χ2n) is 8.73. The molecule has 3 aromatic heterocycles. The summed E-state index contributed by atoms with van der Waals surface area (Å²) in [4.78, 5) is 11.3. The van der Waals surface area contributed by atoms with Crippen molar-refractivity contribution in [3.8, 4) is 28.5 Å². The molecule has 7 heteroatoms. The van der Waals surface area contributed by atoms with Gasteiger partial charge in [0.05, 0.1) is 11.4 Å². The van der Waals surface area contributed by atoms with Crippen molar-refractivity contribution in [1.82, 2.24) is 29.6 Å². The van der Waals surface area contributed by atoms with Gasteiger partial charge in [0.1, 0.15) is 0 Å². The third-order valence-corrected chi connectivity index (χ3v) is 6.25. The number of para-hydroxylation sites is 1. The van der Waals surface area contributed by atoms with Crippen molar-refractivity contribution < 1.29 is 0 Å². The Balaban J connectivity index is 1.28. The van der Waals surface area contributed by atoms with Gasteiger partial charge in [-0.05, 0) is 49.0 Å². The molecule has 35 heavy (non-hydrogen) atoms. The summed E-state index contributed by atoms with van der Waals surface area (Å²) < 4.78 is 2.09. The predicted octanol–water partition coefficient (Wildman–Crippen LogP) is 5.12.